The van der Waals surface area contributed by atoms with Crippen LogP contribution in [0.4, 0.5) is 11.5 Å². The van der Waals surface area contributed by atoms with Gasteiger partial charge in [0.05, 0.1) is 0 Å². The molecule has 0 aliphatic carbocycles. The van der Waals surface area contributed by atoms with Crippen LogP contribution in [-0.2, 0) is 0 Å². The zero-order valence-corrected chi connectivity index (χ0v) is 13.7. The molecule has 5 heteroatoms. The van der Waals surface area contributed by atoms with E-state index in [2.05, 4.69) is 14.9 Å². The fraction of sp³-hybridized carbons (Fsp3) is 0.389. The highest BCUT2D eigenvalue weighted by molar-refractivity contribution is 6.05. The maximum absolute atomic E-state index is 12.9. The van der Waals surface area contributed by atoms with Crippen LogP contribution in [0.3, 0.4) is 0 Å². The second-order valence-electron chi connectivity index (χ2n) is 5.74. The number of hydrogen-bond donors (Lipinski definition) is 0. The van der Waals surface area contributed by atoms with E-state index in [0.717, 1.165) is 24.6 Å². The third-order valence-corrected chi connectivity index (χ3v) is 4.10. The van der Waals surface area contributed by atoms with Crippen LogP contribution in [0.5, 0.6) is 0 Å². The van der Waals surface area contributed by atoms with Crippen molar-refractivity contribution in [1.82, 2.24) is 9.97 Å². The second kappa shape index (κ2) is 6.77. The number of benzene rings is 1. The number of amides is 1. The molecule has 2 heterocycles. The molecule has 1 aliphatic heterocycles. The van der Waals surface area contributed by atoms with Crippen molar-refractivity contribution in [3.63, 3.8) is 0 Å². The van der Waals surface area contributed by atoms with Gasteiger partial charge in [0.25, 0.3) is 5.91 Å². The number of aromatic nitrogens is 2. The Kier molecular flexibility index (Phi) is 4.55. The highest BCUT2D eigenvalue weighted by Gasteiger charge is 2.21. The first-order valence-corrected chi connectivity index (χ1v) is 8.16. The van der Waals surface area contributed by atoms with Crippen molar-refractivity contribution in [2.45, 2.75) is 26.7 Å². The van der Waals surface area contributed by atoms with E-state index >= 15 is 0 Å². The van der Waals surface area contributed by atoms with E-state index in [9.17, 15) is 4.79 Å². The zero-order valence-electron chi connectivity index (χ0n) is 13.7. The van der Waals surface area contributed by atoms with Crippen LogP contribution in [-0.4, -0.2) is 35.5 Å². The summed E-state index contributed by atoms with van der Waals surface area (Å²) in [7, 11) is 0. The van der Waals surface area contributed by atoms with Gasteiger partial charge in [-0.2, -0.15) is 0 Å². The minimum absolute atomic E-state index is 0.0790. The molecule has 0 unspecified atom stereocenters. The number of nitrogens with zero attached hydrogens (tertiary/aromatic N) is 4. The SMILES string of the molecule is CCN(C(=O)c1cc(N2CCCC2)nc(C)n1)c1ccccc1. The average molecular weight is 310 g/mol. The van der Waals surface area contributed by atoms with Crippen LogP contribution >= 0.6 is 0 Å². The molecule has 1 aliphatic rings. The van der Waals surface area contributed by atoms with Crippen molar-refractivity contribution in [2.24, 2.45) is 0 Å². The molecule has 1 aromatic heterocycles. The van der Waals surface area contributed by atoms with Gasteiger partial charge < -0.3 is 9.80 Å². The molecule has 1 aromatic carbocycles. The highest BCUT2D eigenvalue weighted by atomic mass is 16.2. The Morgan fingerprint density at radius 3 is 2.52 bits per heavy atom. The molecule has 0 atom stereocenters. The summed E-state index contributed by atoms with van der Waals surface area (Å²) in [6.45, 7) is 6.42. The van der Waals surface area contributed by atoms with Crippen molar-refractivity contribution >= 4 is 17.4 Å². The van der Waals surface area contributed by atoms with E-state index < -0.39 is 0 Å². The topological polar surface area (TPSA) is 49.3 Å². The summed E-state index contributed by atoms with van der Waals surface area (Å²) in [5.74, 6) is 1.42. The van der Waals surface area contributed by atoms with Gasteiger partial charge in [0.1, 0.15) is 17.3 Å². The predicted molar refractivity (Wildman–Crippen MR) is 92.0 cm³/mol. The number of carbonyl (C=O) groups excluding carboxylic acids is 1. The maximum Gasteiger partial charge on any atom is 0.277 e. The van der Waals surface area contributed by atoms with E-state index in [0.29, 0.717) is 18.1 Å². The standard InChI is InChI=1S/C18H22N4O/c1-3-22(15-9-5-4-6-10-15)18(23)16-13-17(20-14(2)19-16)21-11-7-8-12-21/h4-6,9-10,13H,3,7-8,11-12H2,1-2H3. The van der Waals surface area contributed by atoms with Gasteiger partial charge in [0, 0.05) is 31.4 Å². The Morgan fingerprint density at radius 2 is 1.87 bits per heavy atom. The fourth-order valence-corrected chi connectivity index (χ4v) is 2.96. The summed E-state index contributed by atoms with van der Waals surface area (Å²) in [6.07, 6.45) is 2.36. The van der Waals surface area contributed by atoms with Gasteiger partial charge in [-0.05, 0) is 38.8 Å². The van der Waals surface area contributed by atoms with Crippen molar-refractivity contribution < 1.29 is 4.79 Å². The highest BCUT2D eigenvalue weighted by Crippen LogP contribution is 2.21. The van der Waals surface area contributed by atoms with Crippen LogP contribution in [0.1, 0.15) is 36.1 Å². The van der Waals surface area contributed by atoms with Crippen LogP contribution in [0.15, 0.2) is 36.4 Å². The first-order chi connectivity index (χ1) is 11.2. The Bertz CT molecular complexity index is 681. The molecule has 5 nitrogen and oxygen atoms in total. The molecule has 1 amide bonds. The van der Waals surface area contributed by atoms with Gasteiger partial charge in [-0.15, -0.1) is 0 Å². The molecule has 1 fully saturated rings. The molecule has 120 valence electrons. The molecule has 0 bridgehead atoms. The molecule has 1 saturated heterocycles. The molecule has 0 N–H and O–H groups in total. The lowest BCUT2D eigenvalue weighted by molar-refractivity contribution is 0.0983. The molecule has 2 aromatic rings. The largest absolute Gasteiger partial charge is 0.356 e. The van der Waals surface area contributed by atoms with E-state index in [1.165, 1.54) is 12.8 Å². The smallest absolute Gasteiger partial charge is 0.277 e. The second-order valence-corrected chi connectivity index (χ2v) is 5.74. The van der Waals surface area contributed by atoms with Crippen LogP contribution in [0.25, 0.3) is 0 Å². The number of aryl methyl sites for hydroxylation is 1. The number of carbonyl (C=O) groups is 1. The van der Waals surface area contributed by atoms with Crippen molar-refractivity contribution in [1.29, 1.82) is 0 Å². The molecule has 0 spiro atoms. The molecular formula is C18H22N4O. The van der Waals surface area contributed by atoms with E-state index in [-0.39, 0.29) is 5.91 Å². The molecule has 3 rings (SSSR count). The normalized spacial score (nSPS) is 14.1. The van der Waals surface area contributed by atoms with Gasteiger partial charge in [0.15, 0.2) is 0 Å². The fourth-order valence-electron chi connectivity index (χ4n) is 2.96. The van der Waals surface area contributed by atoms with Crippen LogP contribution < -0.4 is 9.80 Å². The van der Waals surface area contributed by atoms with Crippen molar-refractivity contribution in [3.8, 4) is 0 Å². The quantitative estimate of drug-likeness (QED) is 0.871. The first kappa shape index (κ1) is 15.5. The summed E-state index contributed by atoms with van der Waals surface area (Å²) < 4.78 is 0. The number of anilines is 2. The van der Waals surface area contributed by atoms with Gasteiger partial charge in [0.2, 0.25) is 0 Å². The van der Waals surface area contributed by atoms with Crippen LogP contribution in [0, 0.1) is 6.92 Å². The number of rotatable bonds is 4. The third kappa shape index (κ3) is 3.33. The first-order valence-electron chi connectivity index (χ1n) is 8.16. The number of para-hydroxylation sites is 1. The monoisotopic (exact) mass is 310 g/mol. The molecule has 23 heavy (non-hydrogen) atoms. The Balaban J connectivity index is 1.92. The average Bonchev–Trinajstić information content (AvgIpc) is 3.10. The lowest BCUT2D eigenvalue weighted by Gasteiger charge is -2.22. The van der Waals surface area contributed by atoms with E-state index in [4.69, 9.17) is 0 Å². The minimum atomic E-state index is -0.0790. The summed E-state index contributed by atoms with van der Waals surface area (Å²) in [5.41, 5.74) is 1.35. The zero-order chi connectivity index (χ0) is 16.2. The lowest BCUT2D eigenvalue weighted by Crippen LogP contribution is -2.32. The lowest BCUT2D eigenvalue weighted by atomic mass is 10.2. The van der Waals surface area contributed by atoms with Gasteiger partial charge >= 0.3 is 0 Å². The Hall–Kier alpha value is -2.43. The number of hydrogen-bond acceptors (Lipinski definition) is 4. The summed E-state index contributed by atoms with van der Waals surface area (Å²) in [4.78, 5) is 25.8. The van der Waals surface area contributed by atoms with Crippen LogP contribution in [0.2, 0.25) is 0 Å². The molecule has 0 radical (unpaired) electrons. The van der Waals surface area contributed by atoms with Gasteiger partial charge in [-0.1, -0.05) is 18.2 Å². The maximum atomic E-state index is 12.9. The summed E-state index contributed by atoms with van der Waals surface area (Å²) >= 11 is 0. The van der Waals surface area contributed by atoms with Crippen molar-refractivity contribution in [3.05, 3.63) is 47.9 Å². The third-order valence-electron chi connectivity index (χ3n) is 4.10. The minimum Gasteiger partial charge on any atom is -0.356 e. The van der Waals surface area contributed by atoms with E-state index in [1.54, 1.807) is 4.90 Å². The van der Waals surface area contributed by atoms with E-state index in [1.807, 2.05) is 50.2 Å². The Morgan fingerprint density at radius 1 is 1.17 bits per heavy atom. The Labute approximate surface area is 137 Å². The summed E-state index contributed by atoms with van der Waals surface area (Å²) in [5, 5.41) is 0. The summed E-state index contributed by atoms with van der Waals surface area (Å²) in [6, 6.07) is 11.5. The van der Waals surface area contributed by atoms with Crippen molar-refractivity contribution in [2.75, 3.05) is 29.4 Å². The molecule has 0 saturated carbocycles. The van der Waals surface area contributed by atoms with Gasteiger partial charge in [-0.25, -0.2) is 9.97 Å². The predicted octanol–water partition coefficient (Wildman–Crippen LogP) is 3.05. The molecular weight excluding hydrogens is 288 g/mol. The van der Waals surface area contributed by atoms with Gasteiger partial charge in [-0.3, -0.25) is 4.79 Å².